The number of carbonyl (C=O) groups excluding carboxylic acids is 1. The van der Waals surface area contributed by atoms with Crippen LogP contribution >= 0.6 is 0 Å². The number of piperidine rings is 1. The number of fused-ring (bicyclic) bond motifs is 1. The summed E-state index contributed by atoms with van der Waals surface area (Å²) in [5, 5.41) is 10.9. The van der Waals surface area contributed by atoms with Gasteiger partial charge in [0.05, 0.1) is 18.3 Å². The summed E-state index contributed by atoms with van der Waals surface area (Å²) >= 11 is 0. The van der Waals surface area contributed by atoms with Crippen LogP contribution in [0.25, 0.3) is 0 Å². The molecule has 0 saturated carbocycles. The molecule has 6 nitrogen and oxygen atoms in total. The molecule has 0 bridgehead atoms. The van der Waals surface area contributed by atoms with E-state index in [9.17, 15) is 4.79 Å². The summed E-state index contributed by atoms with van der Waals surface area (Å²) < 4.78 is 1.99. The fourth-order valence-corrected chi connectivity index (χ4v) is 3.80. The van der Waals surface area contributed by atoms with Crippen LogP contribution in [0, 0.1) is 0 Å². The molecule has 132 valence electrons. The van der Waals surface area contributed by atoms with Crippen LogP contribution in [0.4, 0.5) is 5.82 Å². The average molecular weight is 339 g/mol. The van der Waals surface area contributed by atoms with E-state index in [1.165, 1.54) is 11.1 Å². The van der Waals surface area contributed by atoms with E-state index in [0.717, 1.165) is 44.7 Å². The van der Waals surface area contributed by atoms with E-state index in [-0.39, 0.29) is 11.9 Å². The number of carbonyl (C=O) groups is 1. The van der Waals surface area contributed by atoms with Gasteiger partial charge in [-0.25, -0.2) is 4.68 Å². The van der Waals surface area contributed by atoms with Gasteiger partial charge < -0.3 is 15.5 Å². The zero-order valence-corrected chi connectivity index (χ0v) is 14.6. The summed E-state index contributed by atoms with van der Waals surface area (Å²) in [6, 6.07) is 10.4. The zero-order valence-electron chi connectivity index (χ0n) is 14.6. The Kier molecular flexibility index (Phi) is 4.55. The predicted octanol–water partition coefficient (Wildman–Crippen LogP) is 1.80. The molecular formula is C19H25N5O. The Labute approximate surface area is 148 Å². The molecular weight excluding hydrogens is 314 g/mol. The Morgan fingerprint density at radius 2 is 1.96 bits per heavy atom. The number of benzene rings is 1. The number of aromatic nitrogens is 2. The van der Waals surface area contributed by atoms with Gasteiger partial charge in [-0.2, -0.15) is 5.10 Å². The summed E-state index contributed by atoms with van der Waals surface area (Å²) in [6.45, 7) is 2.88. The number of rotatable bonds is 3. The van der Waals surface area contributed by atoms with Crippen molar-refractivity contribution in [2.75, 3.05) is 25.5 Å². The minimum Gasteiger partial charge on any atom is -0.310 e. The number of nitrogens with one attached hydrogen (secondary N) is 2. The molecule has 0 aliphatic carbocycles. The van der Waals surface area contributed by atoms with Crippen LogP contribution in [0.1, 0.15) is 30.0 Å². The molecule has 1 saturated heterocycles. The van der Waals surface area contributed by atoms with E-state index < -0.39 is 0 Å². The maximum atomic E-state index is 12.7. The van der Waals surface area contributed by atoms with Gasteiger partial charge in [0.15, 0.2) is 0 Å². The number of nitrogens with zero attached hydrogens (tertiary/aromatic N) is 3. The molecule has 6 heteroatoms. The Morgan fingerprint density at radius 3 is 2.76 bits per heavy atom. The van der Waals surface area contributed by atoms with Crippen molar-refractivity contribution in [2.45, 2.75) is 37.9 Å². The van der Waals surface area contributed by atoms with Crippen molar-refractivity contribution in [1.82, 2.24) is 20.0 Å². The van der Waals surface area contributed by atoms with Crippen LogP contribution in [-0.2, 0) is 17.8 Å². The summed E-state index contributed by atoms with van der Waals surface area (Å²) in [6.07, 6.45) is 4.63. The maximum absolute atomic E-state index is 12.7. The zero-order chi connectivity index (χ0) is 17.2. The third-order valence-corrected chi connectivity index (χ3v) is 5.35. The highest BCUT2D eigenvalue weighted by atomic mass is 16.2. The lowest BCUT2D eigenvalue weighted by atomic mass is 9.95. The van der Waals surface area contributed by atoms with E-state index in [1.54, 1.807) is 6.20 Å². The second-order valence-electron chi connectivity index (χ2n) is 7.09. The molecule has 1 fully saturated rings. The molecule has 0 radical (unpaired) electrons. The van der Waals surface area contributed by atoms with Gasteiger partial charge in [-0.15, -0.1) is 0 Å². The minimum absolute atomic E-state index is 0.0178. The molecule has 4 rings (SSSR count). The smallest absolute Gasteiger partial charge is 0.243 e. The van der Waals surface area contributed by atoms with Crippen molar-refractivity contribution in [2.24, 2.45) is 0 Å². The highest BCUT2D eigenvalue weighted by Gasteiger charge is 2.26. The molecule has 0 unspecified atom stereocenters. The van der Waals surface area contributed by atoms with Crippen LogP contribution in [0.15, 0.2) is 36.5 Å². The van der Waals surface area contributed by atoms with Crippen LogP contribution < -0.4 is 10.6 Å². The Morgan fingerprint density at radius 1 is 1.20 bits per heavy atom. The Bertz CT molecular complexity index is 748. The molecule has 1 aromatic heterocycles. The molecule has 0 spiro atoms. The van der Waals surface area contributed by atoms with Crippen molar-refractivity contribution in [1.29, 1.82) is 0 Å². The van der Waals surface area contributed by atoms with E-state index in [4.69, 9.17) is 0 Å². The first-order chi connectivity index (χ1) is 12.2. The van der Waals surface area contributed by atoms with Crippen molar-refractivity contribution >= 4 is 11.7 Å². The van der Waals surface area contributed by atoms with Crippen LogP contribution in [0.3, 0.4) is 0 Å². The Hall–Kier alpha value is -2.18. The van der Waals surface area contributed by atoms with Crippen molar-refractivity contribution in [3.05, 3.63) is 47.7 Å². The number of likely N-dealkylation sites (tertiary alicyclic amines) is 1. The molecule has 2 N–H and O–H groups in total. The standard InChI is InChI=1S/C19H25N5O/c1-23-10-7-16(8-11-23)24-18(6-9-21-24)22-19(25)17-12-14-4-2-3-5-15(14)13-20-17/h2-6,9,16-17,20H,7-8,10-13H2,1H3,(H,22,25)/t17-/m1/s1. The van der Waals surface area contributed by atoms with E-state index >= 15 is 0 Å². The Balaban J connectivity index is 1.43. The third kappa shape index (κ3) is 3.45. The van der Waals surface area contributed by atoms with Gasteiger partial charge in [-0.1, -0.05) is 24.3 Å². The topological polar surface area (TPSA) is 62.2 Å². The van der Waals surface area contributed by atoms with E-state index in [1.807, 2.05) is 22.9 Å². The minimum atomic E-state index is -0.198. The van der Waals surface area contributed by atoms with Gasteiger partial charge in [-0.05, 0) is 50.5 Å². The van der Waals surface area contributed by atoms with Crippen molar-refractivity contribution in [3.63, 3.8) is 0 Å². The van der Waals surface area contributed by atoms with Crippen LogP contribution in [-0.4, -0.2) is 46.8 Å². The largest absolute Gasteiger partial charge is 0.310 e. The van der Waals surface area contributed by atoms with Gasteiger partial charge in [0.2, 0.25) is 5.91 Å². The fourth-order valence-electron chi connectivity index (χ4n) is 3.80. The summed E-state index contributed by atoms with van der Waals surface area (Å²) in [5.41, 5.74) is 2.54. The van der Waals surface area contributed by atoms with Gasteiger partial charge in [0.25, 0.3) is 0 Å². The molecule has 25 heavy (non-hydrogen) atoms. The van der Waals surface area contributed by atoms with Gasteiger partial charge in [-0.3, -0.25) is 4.79 Å². The molecule has 2 aliphatic heterocycles. The molecule has 1 amide bonds. The summed E-state index contributed by atoms with van der Waals surface area (Å²) in [4.78, 5) is 15.1. The van der Waals surface area contributed by atoms with E-state index in [0.29, 0.717) is 6.04 Å². The number of hydrogen-bond acceptors (Lipinski definition) is 4. The first-order valence-electron chi connectivity index (χ1n) is 9.04. The number of amides is 1. The molecule has 2 aliphatic rings. The lowest BCUT2D eigenvalue weighted by molar-refractivity contribution is -0.118. The third-order valence-electron chi connectivity index (χ3n) is 5.35. The molecule has 3 heterocycles. The van der Waals surface area contributed by atoms with Crippen LogP contribution in [0.5, 0.6) is 0 Å². The number of anilines is 1. The lowest BCUT2D eigenvalue weighted by Gasteiger charge is -2.30. The maximum Gasteiger partial charge on any atom is 0.243 e. The molecule has 1 aromatic carbocycles. The van der Waals surface area contributed by atoms with Gasteiger partial charge >= 0.3 is 0 Å². The first kappa shape index (κ1) is 16.3. The van der Waals surface area contributed by atoms with E-state index in [2.05, 4.69) is 39.8 Å². The monoisotopic (exact) mass is 339 g/mol. The SMILES string of the molecule is CN1CCC(n2nccc2NC(=O)[C@H]2Cc3ccccc3CN2)CC1. The van der Waals surface area contributed by atoms with Crippen LogP contribution in [0.2, 0.25) is 0 Å². The second-order valence-corrected chi connectivity index (χ2v) is 7.09. The quantitative estimate of drug-likeness (QED) is 0.895. The fraction of sp³-hybridized carbons (Fsp3) is 0.474. The lowest BCUT2D eigenvalue weighted by Crippen LogP contribution is -2.45. The van der Waals surface area contributed by atoms with Gasteiger partial charge in [0, 0.05) is 12.6 Å². The van der Waals surface area contributed by atoms with Crippen molar-refractivity contribution < 1.29 is 4.79 Å². The number of hydrogen-bond donors (Lipinski definition) is 2. The predicted molar refractivity (Wildman–Crippen MR) is 97.4 cm³/mol. The normalized spacial score (nSPS) is 21.7. The van der Waals surface area contributed by atoms with Gasteiger partial charge in [0.1, 0.15) is 5.82 Å². The second kappa shape index (κ2) is 6.98. The molecule has 2 aromatic rings. The first-order valence-corrected chi connectivity index (χ1v) is 9.04. The van der Waals surface area contributed by atoms with Crippen molar-refractivity contribution in [3.8, 4) is 0 Å². The summed E-state index contributed by atoms with van der Waals surface area (Å²) in [7, 11) is 2.15. The highest BCUT2D eigenvalue weighted by Crippen LogP contribution is 2.25. The highest BCUT2D eigenvalue weighted by molar-refractivity contribution is 5.94. The molecule has 1 atom stereocenters. The average Bonchev–Trinajstić information content (AvgIpc) is 3.10. The summed E-state index contributed by atoms with van der Waals surface area (Å²) in [5.74, 6) is 0.824.